The van der Waals surface area contributed by atoms with Gasteiger partial charge in [-0.05, 0) is 55.2 Å². The summed E-state index contributed by atoms with van der Waals surface area (Å²) in [4.78, 5) is 11.0. The predicted molar refractivity (Wildman–Crippen MR) is 123 cm³/mol. The number of anilines is 2. The Morgan fingerprint density at radius 1 is 1.23 bits per heavy atom. The maximum Gasteiger partial charge on any atom is 0.143 e. The lowest BCUT2D eigenvalue weighted by atomic mass is 9.71. The normalized spacial score (nSPS) is 21.5. The van der Waals surface area contributed by atoms with Gasteiger partial charge >= 0.3 is 0 Å². The molecule has 0 spiro atoms. The highest BCUT2D eigenvalue weighted by Gasteiger charge is 2.37. The molecule has 7 nitrogen and oxygen atoms in total. The second-order valence-corrected chi connectivity index (χ2v) is 9.47. The monoisotopic (exact) mass is 420 g/mol. The Hall–Kier alpha value is -2.85. The number of nitrogen functional groups attached to an aromatic ring is 1. The quantitative estimate of drug-likeness (QED) is 0.760. The number of fused-ring (bicyclic) bond motifs is 3. The number of aromatic nitrogens is 2. The van der Waals surface area contributed by atoms with Crippen LogP contribution in [0.4, 0.5) is 11.5 Å². The summed E-state index contributed by atoms with van der Waals surface area (Å²) in [7, 11) is 2.04. The lowest BCUT2D eigenvalue weighted by Gasteiger charge is -2.37. The second-order valence-electron chi connectivity index (χ2n) is 9.47. The third kappa shape index (κ3) is 4.05. The van der Waals surface area contributed by atoms with E-state index < -0.39 is 0 Å². The van der Waals surface area contributed by atoms with Crippen LogP contribution in [0, 0.1) is 11.3 Å². The average Bonchev–Trinajstić information content (AvgIpc) is 2.73. The molecule has 2 aliphatic carbocycles. The Morgan fingerprint density at radius 2 is 1.97 bits per heavy atom. The van der Waals surface area contributed by atoms with E-state index in [4.69, 9.17) is 21.5 Å². The zero-order valence-electron chi connectivity index (χ0n) is 18.7. The number of nitrogens with zero attached hydrogens (tertiary/aromatic N) is 4. The number of hydrogen-bond donors (Lipinski definition) is 2. The minimum Gasteiger partial charge on any atom is -0.488 e. The van der Waals surface area contributed by atoms with Crippen molar-refractivity contribution in [2.75, 3.05) is 24.2 Å². The molecule has 2 aliphatic rings. The van der Waals surface area contributed by atoms with Gasteiger partial charge in [-0.1, -0.05) is 13.8 Å². The molecule has 0 radical (unpaired) electrons. The first-order chi connectivity index (χ1) is 14.8. The summed E-state index contributed by atoms with van der Waals surface area (Å²) < 4.78 is 6.54. The Morgan fingerprint density at radius 3 is 2.68 bits per heavy atom. The number of benzene rings is 1. The fourth-order valence-corrected chi connectivity index (χ4v) is 5.05. The van der Waals surface area contributed by atoms with E-state index in [1.165, 1.54) is 11.9 Å². The van der Waals surface area contributed by atoms with Gasteiger partial charge in [0.1, 0.15) is 17.9 Å². The van der Waals surface area contributed by atoms with Crippen molar-refractivity contribution in [2.45, 2.75) is 69.9 Å². The first-order valence-corrected chi connectivity index (χ1v) is 11.1. The Kier molecular flexibility index (Phi) is 5.76. The molecule has 1 aromatic carbocycles. The maximum atomic E-state index is 9.15. The number of ether oxygens (including phenoxy) is 1. The Labute approximate surface area is 184 Å². The molecule has 2 aromatic rings. The van der Waals surface area contributed by atoms with Crippen LogP contribution < -0.4 is 21.1 Å². The van der Waals surface area contributed by atoms with Crippen molar-refractivity contribution in [1.82, 2.24) is 9.97 Å². The molecule has 0 saturated heterocycles. The SMILES string of the molecule is CN(CCC#N)c1c(OC2CCC(N)CC2)ccc2c1CC(C)(C)c1c(N)ncnc1-2. The molecule has 1 heterocycles. The summed E-state index contributed by atoms with van der Waals surface area (Å²) in [5.41, 5.74) is 17.4. The fourth-order valence-electron chi connectivity index (χ4n) is 5.05. The standard InChI is InChI=1S/C24H32N6O/c1-24(2)13-18-17(21-20(24)23(27)29-14-28-21)9-10-19(22(18)30(3)12-4-11-25)31-16-7-5-15(26)6-8-16/h9-10,14-16H,4-8,12-13,26H2,1-3H3,(H2,27,28,29). The van der Waals surface area contributed by atoms with E-state index in [1.54, 1.807) is 0 Å². The Balaban J connectivity index is 1.81. The van der Waals surface area contributed by atoms with Gasteiger partial charge in [0.2, 0.25) is 0 Å². The van der Waals surface area contributed by atoms with Crippen LogP contribution >= 0.6 is 0 Å². The number of rotatable bonds is 5. The molecule has 1 fully saturated rings. The minimum absolute atomic E-state index is 0.169. The molecule has 1 aromatic heterocycles. The highest BCUT2D eigenvalue weighted by molar-refractivity contribution is 5.83. The summed E-state index contributed by atoms with van der Waals surface area (Å²) in [5.74, 6) is 1.42. The molecule has 0 amide bonds. The van der Waals surface area contributed by atoms with E-state index in [-0.39, 0.29) is 17.6 Å². The molecule has 4 rings (SSSR count). The molecular formula is C24H32N6O. The van der Waals surface area contributed by atoms with Gasteiger partial charge in [0.15, 0.2) is 0 Å². The van der Waals surface area contributed by atoms with Crippen LogP contribution in [-0.2, 0) is 11.8 Å². The largest absolute Gasteiger partial charge is 0.488 e. The van der Waals surface area contributed by atoms with E-state index in [0.29, 0.717) is 18.8 Å². The molecule has 31 heavy (non-hydrogen) atoms. The van der Waals surface area contributed by atoms with Crippen LogP contribution in [0.25, 0.3) is 11.3 Å². The average molecular weight is 421 g/mol. The van der Waals surface area contributed by atoms with Crippen LogP contribution in [0.15, 0.2) is 18.5 Å². The molecule has 0 unspecified atom stereocenters. The molecule has 164 valence electrons. The summed E-state index contributed by atoms with van der Waals surface area (Å²) in [5, 5.41) is 9.15. The summed E-state index contributed by atoms with van der Waals surface area (Å²) in [6.07, 6.45) is 6.88. The van der Waals surface area contributed by atoms with Gasteiger partial charge in [0, 0.05) is 30.8 Å². The fraction of sp³-hybridized carbons (Fsp3) is 0.542. The van der Waals surface area contributed by atoms with Gasteiger partial charge in [0.05, 0.1) is 30.0 Å². The Bertz CT molecular complexity index is 1000. The smallest absolute Gasteiger partial charge is 0.143 e. The van der Waals surface area contributed by atoms with Gasteiger partial charge in [-0.3, -0.25) is 0 Å². The van der Waals surface area contributed by atoms with Gasteiger partial charge < -0.3 is 21.1 Å². The van der Waals surface area contributed by atoms with Crippen molar-refractivity contribution in [2.24, 2.45) is 5.73 Å². The van der Waals surface area contributed by atoms with Gasteiger partial charge in [-0.25, -0.2) is 9.97 Å². The van der Waals surface area contributed by atoms with E-state index >= 15 is 0 Å². The zero-order chi connectivity index (χ0) is 22.2. The lowest BCUT2D eigenvalue weighted by Crippen LogP contribution is -2.33. The number of hydrogen-bond acceptors (Lipinski definition) is 7. The number of nitriles is 1. The van der Waals surface area contributed by atoms with Crippen LogP contribution in [0.1, 0.15) is 57.1 Å². The third-order valence-electron chi connectivity index (χ3n) is 6.63. The molecule has 7 heteroatoms. The molecule has 0 atom stereocenters. The molecule has 4 N–H and O–H groups in total. The molecule has 0 aliphatic heterocycles. The third-order valence-corrected chi connectivity index (χ3v) is 6.63. The molecule has 0 bridgehead atoms. The van der Waals surface area contributed by atoms with E-state index in [1.807, 2.05) is 13.1 Å². The summed E-state index contributed by atoms with van der Waals surface area (Å²) in [6, 6.07) is 6.69. The molecule has 1 saturated carbocycles. The van der Waals surface area contributed by atoms with Crippen molar-refractivity contribution >= 4 is 11.5 Å². The highest BCUT2D eigenvalue weighted by Crippen LogP contribution is 2.49. The van der Waals surface area contributed by atoms with Crippen molar-refractivity contribution < 1.29 is 4.74 Å². The minimum atomic E-state index is -0.214. The first-order valence-electron chi connectivity index (χ1n) is 11.1. The van der Waals surface area contributed by atoms with Crippen LogP contribution in [0.5, 0.6) is 5.75 Å². The van der Waals surface area contributed by atoms with Crippen molar-refractivity contribution in [3.8, 4) is 23.1 Å². The van der Waals surface area contributed by atoms with Gasteiger partial charge in [0.25, 0.3) is 0 Å². The second kappa shape index (κ2) is 8.35. The van der Waals surface area contributed by atoms with Crippen LogP contribution in [-0.4, -0.2) is 35.7 Å². The lowest BCUT2D eigenvalue weighted by molar-refractivity contribution is 0.147. The van der Waals surface area contributed by atoms with Gasteiger partial charge in [-0.2, -0.15) is 5.26 Å². The van der Waals surface area contributed by atoms with Crippen LogP contribution in [0.2, 0.25) is 0 Å². The number of nitrogens with two attached hydrogens (primary N) is 2. The maximum absolute atomic E-state index is 9.15. The predicted octanol–water partition coefficient (Wildman–Crippen LogP) is 3.56. The van der Waals surface area contributed by atoms with E-state index in [0.717, 1.165) is 60.4 Å². The van der Waals surface area contributed by atoms with Crippen molar-refractivity contribution in [3.63, 3.8) is 0 Å². The van der Waals surface area contributed by atoms with Crippen LogP contribution in [0.3, 0.4) is 0 Å². The molecular weight excluding hydrogens is 388 g/mol. The highest BCUT2D eigenvalue weighted by atomic mass is 16.5. The van der Waals surface area contributed by atoms with E-state index in [2.05, 4.69) is 40.9 Å². The van der Waals surface area contributed by atoms with Crippen molar-refractivity contribution in [1.29, 1.82) is 5.26 Å². The first kappa shape index (κ1) is 21.4. The summed E-state index contributed by atoms with van der Waals surface area (Å²) in [6.45, 7) is 5.01. The van der Waals surface area contributed by atoms with Gasteiger partial charge in [-0.15, -0.1) is 0 Å². The zero-order valence-corrected chi connectivity index (χ0v) is 18.7. The topological polar surface area (TPSA) is 114 Å². The summed E-state index contributed by atoms with van der Waals surface area (Å²) >= 11 is 0. The van der Waals surface area contributed by atoms with E-state index in [9.17, 15) is 0 Å². The van der Waals surface area contributed by atoms with Crippen molar-refractivity contribution in [3.05, 3.63) is 29.6 Å².